The van der Waals surface area contributed by atoms with Crippen molar-refractivity contribution in [3.63, 3.8) is 0 Å². The van der Waals surface area contributed by atoms with Gasteiger partial charge in [0.25, 0.3) is 5.88 Å². The van der Waals surface area contributed by atoms with Crippen molar-refractivity contribution in [3.05, 3.63) is 11.8 Å². The van der Waals surface area contributed by atoms with Gasteiger partial charge < -0.3 is 25.8 Å². The maximum absolute atomic E-state index is 5.91. The van der Waals surface area contributed by atoms with Crippen LogP contribution in [0.2, 0.25) is 0 Å². The number of hydrogen-bond acceptors (Lipinski definition) is 6. The highest BCUT2D eigenvalue weighted by Gasteiger charge is 2.21. The molecule has 1 aromatic rings. The summed E-state index contributed by atoms with van der Waals surface area (Å²) in [5.74, 6) is 1.19. The van der Waals surface area contributed by atoms with Crippen LogP contribution in [0.4, 0.5) is 5.69 Å². The van der Waals surface area contributed by atoms with Crippen LogP contribution in [-0.4, -0.2) is 43.4 Å². The van der Waals surface area contributed by atoms with E-state index in [9.17, 15) is 0 Å². The van der Waals surface area contributed by atoms with Gasteiger partial charge in [-0.15, -0.1) is 0 Å². The fourth-order valence-corrected chi connectivity index (χ4v) is 2.14. The summed E-state index contributed by atoms with van der Waals surface area (Å²) >= 11 is 0. The summed E-state index contributed by atoms with van der Waals surface area (Å²) in [6, 6.07) is 2.67. The van der Waals surface area contributed by atoms with Crippen molar-refractivity contribution < 1.29 is 9.47 Å². The zero-order valence-corrected chi connectivity index (χ0v) is 11.8. The van der Waals surface area contributed by atoms with Crippen LogP contribution in [0.15, 0.2) is 6.07 Å². The number of pyridine rings is 1. The highest BCUT2D eigenvalue weighted by atomic mass is 16.5. The third-order valence-electron chi connectivity index (χ3n) is 3.90. The second-order valence-electron chi connectivity index (χ2n) is 5.47. The Morgan fingerprint density at radius 1 is 1.20 bits per heavy atom. The Bertz CT molecular complexity index is 429. The molecule has 4 N–H and O–H groups in total. The number of hydrogen-bond donors (Lipinski definition) is 3. The van der Waals surface area contributed by atoms with Gasteiger partial charge in [0.2, 0.25) is 0 Å². The molecular weight excluding hydrogens is 256 g/mol. The van der Waals surface area contributed by atoms with Crippen LogP contribution in [0.25, 0.3) is 0 Å². The molecule has 3 rings (SSSR count). The first kappa shape index (κ1) is 13.5. The molecule has 3 heterocycles. The summed E-state index contributed by atoms with van der Waals surface area (Å²) in [6.45, 7) is 5.26. The predicted octanol–water partition coefficient (Wildman–Crippen LogP) is 0.454. The molecule has 0 bridgehead atoms. The molecule has 110 valence electrons. The van der Waals surface area contributed by atoms with Crippen molar-refractivity contribution in [1.29, 1.82) is 0 Å². The number of nitrogens with zero attached hydrogens (tertiary/aromatic N) is 1. The van der Waals surface area contributed by atoms with Gasteiger partial charge in [0.05, 0.1) is 11.4 Å². The Morgan fingerprint density at radius 3 is 2.35 bits per heavy atom. The lowest BCUT2D eigenvalue weighted by Crippen LogP contribution is -2.47. The first-order chi connectivity index (χ1) is 9.72. The van der Waals surface area contributed by atoms with E-state index < -0.39 is 0 Å². The van der Waals surface area contributed by atoms with Crippen molar-refractivity contribution in [1.82, 2.24) is 15.6 Å². The van der Waals surface area contributed by atoms with Gasteiger partial charge in [0.1, 0.15) is 13.2 Å². The summed E-state index contributed by atoms with van der Waals surface area (Å²) in [5.41, 5.74) is 7.32. The van der Waals surface area contributed by atoms with E-state index in [0.29, 0.717) is 42.6 Å². The van der Waals surface area contributed by atoms with Crippen molar-refractivity contribution in [2.75, 3.05) is 32.0 Å². The van der Waals surface area contributed by atoms with Crippen LogP contribution < -0.4 is 25.8 Å². The van der Waals surface area contributed by atoms with E-state index in [1.807, 2.05) is 13.0 Å². The Morgan fingerprint density at radius 2 is 1.80 bits per heavy atom. The highest BCUT2D eigenvalue weighted by molar-refractivity contribution is 5.51. The topological polar surface area (TPSA) is 81.4 Å². The number of nitrogens with one attached hydrogen (secondary N) is 2. The quantitative estimate of drug-likeness (QED) is 0.701. The van der Waals surface area contributed by atoms with Crippen LogP contribution in [0.3, 0.4) is 0 Å². The summed E-state index contributed by atoms with van der Waals surface area (Å²) < 4.78 is 11.6. The van der Waals surface area contributed by atoms with E-state index in [4.69, 9.17) is 15.2 Å². The monoisotopic (exact) mass is 278 g/mol. The largest absolute Gasteiger partial charge is 0.486 e. The molecular formula is C14H22N4O2. The molecule has 0 aliphatic carbocycles. The Kier molecular flexibility index (Phi) is 3.93. The van der Waals surface area contributed by atoms with Gasteiger partial charge in [-0.3, -0.25) is 0 Å². The normalized spacial score (nSPS) is 24.6. The van der Waals surface area contributed by atoms with Crippen LogP contribution >= 0.6 is 0 Å². The molecule has 0 aromatic carbocycles. The van der Waals surface area contributed by atoms with Gasteiger partial charge in [-0.05, 0) is 32.9 Å². The van der Waals surface area contributed by atoms with E-state index in [1.54, 1.807) is 0 Å². The average Bonchev–Trinajstić information content (AvgIpc) is 2.30. The average molecular weight is 278 g/mol. The zero-order chi connectivity index (χ0) is 13.9. The van der Waals surface area contributed by atoms with Gasteiger partial charge >= 0.3 is 0 Å². The second kappa shape index (κ2) is 5.85. The fraction of sp³-hybridized carbons (Fsp3) is 0.643. The third-order valence-corrected chi connectivity index (χ3v) is 3.90. The van der Waals surface area contributed by atoms with Gasteiger partial charge in [0, 0.05) is 18.2 Å². The molecule has 2 fully saturated rings. The lowest BCUT2D eigenvalue weighted by molar-refractivity contribution is 0.183. The molecule has 2 aliphatic heterocycles. The standard InChI is InChI=1S/C14H22N4O2/c1-9-12(15)6-13(19-7-10-2-4-16-10)14(18-9)20-8-11-3-5-17-11/h6,10-11,16-17H,2-5,7-8,15H2,1H3/t10-,11-/m0/s1. The van der Waals surface area contributed by atoms with Crippen LogP contribution in [0.1, 0.15) is 18.5 Å². The van der Waals surface area contributed by atoms with Gasteiger partial charge in [-0.1, -0.05) is 0 Å². The maximum atomic E-state index is 5.91. The summed E-state index contributed by atoms with van der Waals surface area (Å²) in [7, 11) is 0. The molecule has 2 saturated heterocycles. The highest BCUT2D eigenvalue weighted by Crippen LogP contribution is 2.29. The minimum absolute atomic E-state index is 0.427. The molecule has 6 heteroatoms. The van der Waals surface area contributed by atoms with Gasteiger partial charge in [0.15, 0.2) is 5.75 Å². The molecule has 0 radical (unpaired) electrons. The summed E-state index contributed by atoms with van der Waals surface area (Å²) in [5, 5.41) is 6.60. The Labute approximate surface area is 119 Å². The first-order valence-electron chi connectivity index (χ1n) is 7.22. The molecule has 20 heavy (non-hydrogen) atoms. The molecule has 0 amide bonds. The van der Waals surface area contributed by atoms with E-state index >= 15 is 0 Å². The van der Waals surface area contributed by atoms with E-state index in [2.05, 4.69) is 15.6 Å². The number of aryl methyl sites for hydroxylation is 1. The van der Waals surface area contributed by atoms with Crippen molar-refractivity contribution in [3.8, 4) is 11.6 Å². The van der Waals surface area contributed by atoms with Crippen molar-refractivity contribution in [2.24, 2.45) is 0 Å². The molecule has 0 saturated carbocycles. The lowest BCUT2D eigenvalue weighted by Gasteiger charge is -2.29. The SMILES string of the molecule is Cc1nc(OC[C@@H]2CCN2)c(OC[C@@H]2CCN2)cc1N. The summed E-state index contributed by atoms with van der Waals surface area (Å²) in [6.07, 6.45) is 2.30. The lowest BCUT2D eigenvalue weighted by atomic mass is 10.1. The predicted molar refractivity (Wildman–Crippen MR) is 77.2 cm³/mol. The van der Waals surface area contributed by atoms with E-state index in [0.717, 1.165) is 31.6 Å². The van der Waals surface area contributed by atoms with E-state index in [-0.39, 0.29) is 0 Å². The fourth-order valence-electron chi connectivity index (χ4n) is 2.14. The number of anilines is 1. The number of nitrogen functional groups attached to an aromatic ring is 1. The number of aromatic nitrogens is 1. The number of nitrogens with two attached hydrogens (primary N) is 1. The van der Waals surface area contributed by atoms with Crippen LogP contribution in [0, 0.1) is 6.92 Å². The van der Waals surface area contributed by atoms with Crippen LogP contribution in [-0.2, 0) is 0 Å². The first-order valence-corrected chi connectivity index (χ1v) is 7.22. The van der Waals surface area contributed by atoms with E-state index in [1.165, 1.54) is 0 Å². The molecule has 2 atom stereocenters. The molecule has 1 aromatic heterocycles. The van der Waals surface area contributed by atoms with Crippen molar-refractivity contribution in [2.45, 2.75) is 31.8 Å². The molecule has 0 spiro atoms. The summed E-state index contributed by atoms with van der Waals surface area (Å²) in [4.78, 5) is 4.40. The number of rotatable bonds is 6. The number of ether oxygens (including phenoxy) is 2. The maximum Gasteiger partial charge on any atom is 0.257 e. The molecule has 0 unspecified atom stereocenters. The Hall–Kier alpha value is -1.53. The van der Waals surface area contributed by atoms with Crippen molar-refractivity contribution >= 4 is 5.69 Å². The Balaban J connectivity index is 1.65. The molecule has 2 aliphatic rings. The molecule has 6 nitrogen and oxygen atoms in total. The van der Waals surface area contributed by atoms with Crippen LogP contribution in [0.5, 0.6) is 11.6 Å². The second-order valence-corrected chi connectivity index (χ2v) is 5.47. The third kappa shape index (κ3) is 2.96. The smallest absolute Gasteiger partial charge is 0.257 e. The zero-order valence-electron chi connectivity index (χ0n) is 11.8. The minimum Gasteiger partial charge on any atom is -0.486 e. The van der Waals surface area contributed by atoms with Gasteiger partial charge in [-0.25, -0.2) is 4.98 Å². The van der Waals surface area contributed by atoms with Gasteiger partial charge in [-0.2, -0.15) is 0 Å². The minimum atomic E-state index is 0.427.